The Morgan fingerprint density at radius 3 is 1.34 bits per heavy atom. The van der Waals surface area contributed by atoms with Crippen LogP contribution in [0.5, 0.6) is 11.5 Å². The standard InChI is InChI=1S/C34H56OS.C26H42OS/c1-8-32(6)19-25-20-33(7,24-34(9-2,21-25)23-32)29-18-27(31(3,4)5)17-26(30(29)35)22-36-28-15-13-11-10-12-14-16-28;1-8-24(6)12-18-13-25(7,17-26(9-2,14-18)16-24)21-11-20(23(3,4)5)10-19(15-28)22(21)27/h17-18,25,28,35H,8-16,19-24H2,1-7H3;10-11,18,27-28H,8-9,12-17H2,1-7H3. The lowest BCUT2D eigenvalue weighted by Gasteiger charge is -2.58. The minimum Gasteiger partial charge on any atom is -0.507 e. The van der Waals surface area contributed by atoms with E-state index in [1.54, 1.807) is 0 Å². The van der Waals surface area contributed by atoms with Crippen LogP contribution < -0.4 is 0 Å². The topological polar surface area (TPSA) is 40.5 Å². The Labute approximate surface area is 405 Å². The van der Waals surface area contributed by atoms with Crippen LogP contribution in [0.15, 0.2) is 24.3 Å². The van der Waals surface area contributed by atoms with Crippen LogP contribution in [0.3, 0.4) is 0 Å². The van der Waals surface area contributed by atoms with Gasteiger partial charge in [-0.3, -0.25) is 0 Å². The minimum atomic E-state index is 0.0526. The van der Waals surface area contributed by atoms with E-state index in [0.717, 1.165) is 28.4 Å². The highest BCUT2D eigenvalue weighted by atomic mass is 32.2. The summed E-state index contributed by atoms with van der Waals surface area (Å²) in [5, 5.41) is 23.9. The van der Waals surface area contributed by atoms with Gasteiger partial charge >= 0.3 is 0 Å². The second-order valence-electron chi connectivity index (χ2n) is 26.8. The number of thiol groups is 1. The van der Waals surface area contributed by atoms with Gasteiger partial charge in [0.2, 0.25) is 0 Å². The fourth-order valence-corrected chi connectivity index (χ4v) is 17.0. The Kier molecular flexibility index (Phi) is 16.0. The van der Waals surface area contributed by atoms with Crippen molar-refractivity contribution in [2.45, 2.75) is 270 Å². The maximum Gasteiger partial charge on any atom is 0.123 e. The molecule has 4 heteroatoms. The number of phenolic OH excluding ortho intramolecular Hbond substituents is 2. The molecule has 8 unspecified atom stereocenters. The zero-order valence-electron chi connectivity index (χ0n) is 44.1. The smallest absolute Gasteiger partial charge is 0.123 e. The Morgan fingerprint density at radius 1 is 0.547 bits per heavy atom. The molecule has 0 amide bonds. The van der Waals surface area contributed by atoms with Crippen molar-refractivity contribution in [3.8, 4) is 11.5 Å². The maximum atomic E-state index is 11.9. The number of hydrogen-bond acceptors (Lipinski definition) is 4. The van der Waals surface area contributed by atoms with E-state index in [1.807, 2.05) is 0 Å². The number of benzene rings is 2. The van der Waals surface area contributed by atoms with Crippen molar-refractivity contribution in [1.29, 1.82) is 0 Å². The van der Waals surface area contributed by atoms with Crippen molar-refractivity contribution in [2.24, 2.45) is 33.5 Å². The van der Waals surface area contributed by atoms with Gasteiger partial charge in [0.15, 0.2) is 0 Å². The molecule has 5 saturated carbocycles. The van der Waals surface area contributed by atoms with Crippen LogP contribution in [0.25, 0.3) is 0 Å². The number of fused-ring (bicyclic) bond motifs is 4. The Morgan fingerprint density at radius 2 is 0.953 bits per heavy atom. The lowest BCUT2D eigenvalue weighted by Crippen LogP contribution is -2.48. The van der Waals surface area contributed by atoms with Crippen molar-refractivity contribution >= 4 is 24.4 Å². The second-order valence-corrected chi connectivity index (χ2v) is 28.4. The highest BCUT2D eigenvalue weighted by Crippen LogP contribution is 2.65. The number of phenols is 2. The van der Waals surface area contributed by atoms with Crippen LogP contribution >= 0.6 is 24.4 Å². The molecular weight excluding hydrogens is 817 g/mol. The molecule has 5 fully saturated rings. The number of rotatable bonds is 10. The minimum absolute atomic E-state index is 0.0526. The summed E-state index contributed by atoms with van der Waals surface area (Å²) in [6, 6.07) is 9.27. The van der Waals surface area contributed by atoms with E-state index >= 15 is 0 Å². The van der Waals surface area contributed by atoms with Gasteiger partial charge < -0.3 is 10.2 Å². The SMILES string of the molecule is CCC1(C)CC2CC(CC)(C1)CC(C)(c1cc(C(C)(C)C)cc(CS)c1O)C2.CCC1(C)CC2CC(CC)(C1)CC(C)(c1cc(C(C)(C)C)cc(CSC3CCCCCCC3)c1O)C2. The van der Waals surface area contributed by atoms with E-state index in [-0.39, 0.29) is 21.7 Å². The Hall–Kier alpha value is -1.26. The summed E-state index contributed by atoms with van der Waals surface area (Å²) in [6.07, 6.45) is 27.9. The number of aromatic hydroxyl groups is 2. The molecule has 8 atom stereocenters. The largest absolute Gasteiger partial charge is 0.507 e. The summed E-state index contributed by atoms with van der Waals surface area (Å²) in [6.45, 7) is 33.4. The molecule has 0 saturated heterocycles. The molecule has 2 nitrogen and oxygen atoms in total. The normalized spacial score (nSPS) is 34.9. The fourth-order valence-electron chi connectivity index (χ4n) is 15.4. The molecule has 0 radical (unpaired) electrons. The van der Waals surface area contributed by atoms with Crippen LogP contribution in [0.1, 0.15) is 265 Å². The first-order chi connectivity index (χ1) is 29.8. The van der Waals surface area contributed by atoms with E-state index in [9.17, 15) is 10.2 Å². The lowest BCUT2D eigenvalue weighted by atomic mass is 9.47. The third-order valence-electron chi connectivity index (χ3n) is 18.9. The van der Waals surface area contributed by atoms with Crippen LogP contribution in [-0.2, 0) is 33.2 Å². The van der Waals surface area contributed by atoms with Crippen LogP contribution in [0.2, 0.25) is 0 Å². The highest BCUT2D eigenvalue weighted by molar-refractivity contribution is 7.99. The molecule has 5 aliphatic carbocycles. The molecule has 0 spiro atoms. The summed E-state index contributed by atoms with van der Waals surface area (Å²) in [5.74, 6) is 4.25. The molecule has 4 bridgehead atoms. The predicted molar refractivity (Wildman–Crippen MR) is 284 cm³/mol. The Bertz CT molecular complexity index is 1890. The molecule has 5 aliphatic rings. The first-order valence-electron chi connectivity index (χ1n) is 26.8. The van der Waals surface area contributed by atoms with E-state index < -0.39 is 0 Å². The third-order valence-corrected chi connectivity index (χ3v) is 20.7. The highest BCUT2D eigenvalue weighted by Gasteiger charge is 2.55. The first-order valence-corrected chi connectivity index (χ1v) is 28.4. The number of hydrogen-bond donors (Lipinski definition) is 3. The van der Waals surface area contributed by atoms with Gasteiger partial charge in [-0.15, -0.1) is 0 Å². The maximum absolute atomic E-state index is 11.9. The molecule has 2 N–H and O–H groups in total. The molecule has 0 aromatic heterocycles. The van der Waals surface area contributed by atoms with Gasteiger partial charge in [-0.25, -0.2) is 0 Å². The van der Waals surface area contributed by atoms with Crippen molar-refractivity contribution in [3.63, 3.8) is 0 Å². The summed E-state index contributed by atoms with van der Waals surface area (Å²) in [7, 11) is 0. The van der Waals surface area contributed by atoms with E-state index in [0.29, 0.717) is 38.9 Å². The van der Waals surface area contributed by atoms with Crippen molar-refractivity contribution in [2.75, 3.05) is 0 Å². The van der Waals surface area contributed by atoms with Crippen molar-refractivity contribution in [1.82, 2.24) is 0 Å². The van der Waals surface area contributed by atoms with Crippen LogP contribution in [-0.4, -0.2) is 15.5 Å². The molecular formula is C60H98O2S2. The van der Waals surface area contributed by atoms with Gasteiger partial charge in [-0.2, -0.15) is 24.4 Å². The summed E-state index contributed by atoms with van der Waals surface area (Å²) in [5.41, 5.74) is 9.50. The lowest BCUT2D eigenvalue weighted by molar-refractivity contribution is -0.0447. The zero-order valence-corrected chi connectivity index (χ0v) is 45.8. The first kappa shape index (κ1) is 52.1. The van der Waals surface area contributed by atoms with Gasteiger partial charge in [0.25, 0.3) is 0 Å². The van der Waals surface area contributed by atoms with Gasteiger partial charge in [-0.05, 0) is 143 Å². The van der Waals surface area contributed by atoms with E-state index in [4.69, 9.17) is 0 Å². The zero-order chi connectivity index (χ0) is 47.1. The van der Waals surface area contributed by atoms with Gasteiger partial charge in [-0.1, -0.05) is 179 Å². The summed E-state index contributed by atoms with van der Waals surface area (Å²) < 4.78 is 0. The molecule has 0 aliphatic heterocycles. The van der Waals surface area contributed by atoms with Gasteiger partial charge in [0.1, 0.15) is 11.5 Å². The van der Waals surface area contributed by atoms with Crippen LogP contribution in [0.4, 0.5) is 0 Å². The van der Waals surface area contributed by atoms with Crippen molar-refractivity contribution < 1.29 is 10.2 Å². The quantitative estimate of drug-likeness (QED) is 0.208. The van der Waals surface area contributed by atoms with Crippen molar-refractivity contribution in [3.05, 3.63) is 57.6 Å². The second kappa shape index (κ2) is 19.6. The fraction of sp³-hybridized carbons (Fsp3) is 0.800. The Balaban J connectivity index is 0.000000219. The van der Waals surface area contributed by atoms with Crippen LogP contribution in [0, 0.1) is 33.5 Å². The monoisotopic (exact) mass is 915 g/mol. The van der Waals surface area contributed by atoms with E-state index in [2.05, 4.69) is 146 Å². The number of thioether (sulfide) groups is 1. The van der Waals surface area contributed by atoms with Gasteiger partial charge in [0.05, 0.1) is 0 Å². The predicted octanol–water partition coefficient (Wildman–Crippen LogP) is 18.5. The molecule has 64 heavy (non-hydrogen) atoms. The summed E-state index contributed by atoms with van der Waals surface area (Å²) in [4.78, 5) is 0. The van der Waals surface area contributed by atoms with E-state index in [1.165, 1.54) is 163 Å². The molecule has 7 rings (SSSR count). The average molecular weight is 916 g/mol. The third kappa shape index (κ3) is 11.4. The average Bonchev–Trinajstić information content (AvgIpc) is 3.19. The summed E-state index contributed by atoms with van der Waals surface area (Å²) >= 11 is 6.66. The molecule has 2 aromatic rings. The van der Waals surface area contributed by atoms with Gasteiger partial charge in [0, 0.05) is 39.0 Å². The molecule has 2 aromatic carbocycles. The molecule has 362 valence electrons. The molecule has 0 heterocycles.